The van der Waals surface area contributed by atoms with Crippen molar-refractivity contribution in [2.75, 3.05) is 4.90 Å². The number of rotatable bonds is 5. The summed E-state index contributed by atoms with van der Waals surface area (Å²) in [4.78, 5) is 29.2. The number of nitrogens with zero attached hydrogens (tertiary/aromatic N) is 2. The molecule has 3 aromatic carbocycles. The Hall–Kier alpha value is -3.02. The quantitative estimate of drug-likeness (QED) is 0.411. The standard InChI is InChI=1S/C24H20Cl2N2O3/c1-24(2)22(29)28(17-12-13-19(25)20(26)14-17)23(30)27(24)15-16-8-6-7-11-21(16)31-18-9-4-3-5-10-18/h3-14H,15H2,1-2H3. The summed E-state index contributed by atoms with van der Waals surface area (Å²) in [6.45, 7) is 3.66. The predicted molar refractivity (Wildman–Crippen MR) is 122 cm³/mol. The average molecular weight is 455 g/mol. The van der Waals surface area contributed by atoms with Crippen LogP contribution >= 0.6 is 23.2 Å². The van der Waals surface area contributed by atoms with E-state index in [1.807, 2.05) is 54.6 Å². The molecular weight excluding hydrogens is 435 g/mol. The molecule has 7 heteroatoms. The molecule has 1 heterocycles. The Morgan fingerprint density at radius 1 is 0.871 bits per heavy atom. The van der Waals surface area contributed by atoms with Gasteiger partial charge in [0.15, 0.2) is 0 Å². The molecular formula is C24H20Cl2N2O3. The highest BCUT2D eigenvalue weighted by molar-refractivity contribution is 6.42. The van der Waals surface area contributed by atoms with Crippen molar-refractivity contribution in [3.8, 4) is 11.5 Å². The van der Waals surface area contributed by atoms with Crippen molar-refractivity contribution in [2.24, 2.45) is 0 Å². The molecule has 1 aliphatic heterocycles. The van der Waals surface area contributed by atoms with E-state index in [2.05, 4.69) is 0 Å². The topological polar surface area (TPSA) is 49.9 Å². The van der Waals surface area contributed by atoms with Crippen molar-refractivity contribution in [3.63, 3.8) is 0 Å². The minimum Gasteiger partial charge on any atom is -0.457 e. The molecule has 1 saturated heterocycles. The monoisotopic (exact) mass is 454 g/mol. The summed E-state index contributed by atoms with van der Waals surface area (Å²) in [5, 5.41) is 0.630. The van der Waals surface area contributed by atoms with E-state index < -0.39 is 11.6 Å². The molecule has 1 aliphatic rings. The molecule has 0 saturated carbocycles. The van der Waals surface area contributed by atoms with Gasteiger partial charge in [-0.05, 0) is 50.2 Å². The molecule has 3 aromatic rings. The molecule has 0 radical (unpaired) electrons. The molecule has 0 unspecified atom stereocenters. The number of halogens is 2. The van der Waals surface area contributed by atoms with Gasteiger partial charge in [0, 0.05) is 5.56 Å². The molecule has 0 bridgehead atoms. The van der Waals surface area contributed by atoms with E-state index in [0.717, 1.165) is 10.5 Å². The maximum Gasteiger partial charge on any atom is 0.332 e. The van der Waals surface area contributed by atoms with Crippen molar-refractivity contribution in [1.29, 1.82) is 0 Å². The number of imide groups is 1. The average Bonchev–Trinajstić information content (AvgIpc) is 2.92. The van der Waals surface area contributed by atoms with Crippen molar-refractivity contribution in [1.82, 2.24) is 4.90 Å². The van der Waals surface area contributed by atoms with Gasteiger partial charge >= 0.3 is 6.03 Å². The van der Waals surface area contributed by atoms with Gasteiger partial charge in [0.05, 0.1) is 22.3 Å². The number of ether oxygens (including phenoxy) is 1. The van der Waals surface area contributed by atoms with Gasteiger partial charge < -0.3 is 9.64 Å². The van der Waals surface area contributed by atoms with E-state index in [9.17, 15) is 9.59 Å². The van der Waals surface area contributed by atoms with Crippen LogP contribution in [-0.2, 0) is 11.3 Å². The van der Waals surface area contributed by atoms with Crippen LogP contribution in [0, 0.1) is 0 Å². The van der Waals surface area contributed by atoms with E-state index >= 15 is 0 Å². The molecule has 5 nitrogen and oxygen atoms in total. The number of hydrogen-bond donors (Lipinski definition) is 0. The number of amides is 3. The van der Waals surface area contributed by atoms with Gasteiger partial charge in [0.25, 0.3) is 5.91 Å². The Kier molecular flexibility index (Phi) is 5.65. The van der Waals surface area contributed by atoms with Gasteiger partial charge in [-0.3, -0.25) is 4.79 Å². The number of para-hydroxylation sites is 2. The summed E-state index contributed by atoms with van der Waals surface area (Å²) in [5.41, 5.74) is 0.119. The van der Waals surface area contributed by atoms with E-state index in [-0.39, 0.29) is 17.5 Å². The molecule has 3 amide bonds. The lowest BCUT2D eigenvalue weighted by Gasteiger charge is -2.28. The van der Waals surface area contributed by atoms with Gasteiger partial charge in [-0.2, -0.15) is 0 Å². The normalized spacial score (nSPS) is 15.5. The van der Waals surface area contributed by atoms with Gasteiger partial charge in [0.1, 0.15) is 17.0 Å². The zero-order valence-electron chi connectivity index (χ0n) is 17.0. The third-order valence-electron chi connectivity index (χ3n) is 5.26. The lowest BCUT2D eigenvalue weighted by Crippen LogP contribution is -2.43. The first-order valence-electron chi connectivity index (χ1n) is 9.71. The highest BCUT2D eigenvalue weighted by Gasteiger charge is 2.52. The summed E-state index contributed by atoms with van der Waals surface area (Å²) >= 11 is 12.1. The Morgan fingerprint density at radius 3 is 2.26 bits per heavy atom. The van der Waals surface area contributed by atoms with Gasteiger partial charge in [0.2, 0.25) is 0 Å². The smallest absolute Gasteiger partial charge is 0.332 e. The summed E-state index contributed by atoms with van der Waals surface area (Å²) in [6, 6.07) is 21.1. The van der Waals surface area contributed by atoms with Crippen LogP contribution in [0.5, 0.6) is 11.5 Å². The SMILES string of the molecule is CC1(C)C(=O)N(c2ccc(Cl)c(Cl)c2)C(=O)N1Cc1ccccc1Oc1ccccc1. The number of benzene rings is 3. The van der Waals surface area contributed by atoms with E-state index in [1.54, 1.807) is 26.0 Å². The number of carbonyl (C=O) groups is 2. The molecule has 0 atom stereocenters. The van der Waals surface area contributed by atoms with Crippen LogP contribution in [0.15, 0.2) is 72.8 Å². The summed E-state index contributed by atoms with van der Waals surface area (Å²) in [5.74, 6) is 0.977. The third-order valence-corrected chi connectivity index (χ3v) is 6.00. The van der Waals surface area contributed by atoms with Gasteiger partial charge in [-0.15, -0.1) is 0 Å². The highest BCUT2D eigenvalue weighted by Crippen LogP contribution is 2.37. The van der Waals surface area contributed by atoms with E-state index in [1.165, 1.54) is 11.0 Å². The van der Waals surface area contributed by atoms with Crippen LogP contribution in [0.4, 0.5) is 10.5 Å². The number of hydrogen-bond acceptors (Lipinski definition) is 3. The summed E-state index contributed by atoms with van der Waals surface area (Å²) in [7, 11) is 0. The van der Waals surface area contributed by atoms with Crippen LogP contribution in [0.1, 0.15) is 19.4 Å². The second kappa shape index (κ2) is 8.25. The second-order valence-electron chi connectivity index (χ2n) is 7.69. The predicted octanol–water partition coefficient (Wildman–Crippen LogP) is 6.53. The van der Waals surface area contributed by atoms with E-state index in [4.69, 9.17) is 27.9 Å². The minimum atomic E-state index is -1.05. The highest BCUT2D eigenvalue weighted by atomic mass is 35.5. The van der Waals surface area contributed by atoms with Gasteiger partial charge in [-0.25, -0.2) is 9.69 Å². The molecule has 1 fully saturated rings. The van der Waals surface area contributed by atoms with Crippen LogP contribution in [-0.4, -0.2) is 22.4 Å². The number of carbonyl (C=O) groups excluding carboxylic acids is 2. The molecule has 158 valence electrons. The van der Waals surface area contributed by atoms with Gasteiger partial charge in [-0.1, -0.05) is 59.6 Å². The van der Waals surface area contributed by atoms with Crippen molar-refractivity contribution < 1.29 is 14.3 Å². The van der Waals surface area contributed by atoms with Crippen LogP contribution < -0.4 is 9.64 Å². The van der Waals surface area contributed by atoms with Crippen molar-refractivity contribution in [3.05, 3.63) is 88.4 Å². The molecule has 0 aliphatic carbocycles. The van der Waals surface area contributed by atoms with Crippen molar-refractivity contribution in [2.45, 2.75) is 25.9 Å². The van der Waals surface area contributed by atoms with Crippen LogP contribution in [0.3, 0.4) is 0 Å². The minimum absolute atomic E-state index is 0.207. The Bertz CT molecular complexity index is 1150. The lowest BCUT2D eigenvalue weighted by molar-refractivity contribution is -0.123. The third kappa shape index (κ3) is 3.99. The Labute approximate surface area is 190 Å². The molecule has 4 rings (SSSR count). The fourth-order valence-corrected chi connectivity index (χ4v) is 3.77. The molecule has 0 aromatic heterocycles. The molecule has 0 spiro atoms. The second-order valence-corrected chi connectivity index (χ2v) is 8.50. The Morgan fingerprint density at radius 2 is 1.55 bits per heavy atom. The zero-order chi connectivity index (χ0) is 22.2. The lowest BCUT2D eigenvalue weighted by atomic mass is 10.0. The maximum atomic E-state index is 13.3. The number of anilines is 1. The largest absolute Gasteiger partial charge is 0.457 e. The van der Waals surface area contributed by atoms with Crippen LogP contribution in [0.2, 0.25) is 10.0 Å². The molecule has 31 heavy (non-hydrogen) atoms. The fraction of sp³-hybridized carbons (Fsp3) is 0.167. The van der Waals surface area contributed by atoms with Crippen LogP contribution in [0.25, 0.3) is 0 Å². The first-order chi connectivity index (χ1) is 14.8. The first kappa shape index (κ1) is 21.2. The number of urea groups is 1. The summed E-state index contributed by atoms with van der Waals surface area (Å²) in [6.07, 6.45) is 0. The summed E-state index contributed by atoms with van der Waals surface area (Å²) < 4.78 is 6.02. The zero-order valence-corrected chi connectivity index (χ0v) is 18.5. The maximum absolute atomic E-state index is 13.3. The van der Waals surface area contributed by atoms with Crippen molar-refractivity contribution >= 4 is 40.8 Å². The molecule has 0 N–H and O–H groups in total. The Balaban J connectivity index is 1.65. The first-order valence-corrected chi connectivity index (χ1v) is 10.5. The fourth-order valence-electron chi connectivity index (χ4n) is 3.47. The van der Waals surface area contributed by atoms with E-state index in [0.29, 0.717) is 22.2 Å².